The molecule has 0 bridgehead atoms. The van der Waals surface area contributed by atoms with Gasteiger partial charge in [0.25, 0.3) is 0 Å². The van der Waals surface area contributed by atoms with E-state index in [1.54, 1.807) is 25.1 Å². The van der Waals surface area contributed by atoms with Gasteiger partial charge in [0, 0.05) is 25.5 Å². The van der Waals surface area contributed by atoms with Gasteiger partial charge in [-0.05, 0) is 96.0 Å². The standard InChI is InChI=1S/C29H36FNO3S/c1-17-22(16-25(32)33)26(19-9-12-29(3,4)13-10-19)18(2)27-21-8-7-20(30)15-23(21)24(11-14-34-5)31(35-6)28(17)27/h7-9,15,24H,10-14,16H2,1-6H3,(H,32,33)/t24-/m0/s1. The van der Waals surface area contributed by atoms with Crippen LogP contribution in [0.1, 0.15) is 73.4 Å². The van der Waals surface area contributed by atoms with Crippen molar-refractivity contribution in [1.29, 1.82) is 0 Å². The summed E-state index contributed by atoms with van der Waals surface area (Å²) in [6.07, 6.45) is 8.00. The monoisotopic (exact) mass is 497 g/mol. The molecule has 4 nitrogen and oxygen atoms in total. The Morgan fingerprint density at radius 2 is 2.00 bits per heavy atom. The van der Waals surface area contributed by atoms with Crippen molar-refractivity contribution in [3.8, 4) is 11.1 Å². The summed E-state index contributed by atoms with van der Waals surface area (Å²) in [5.74, 6) is -1.07. The molecule has 35 heavy (non-hydrogen) atoms. The first kappa shape index (κ1) is 25.8. The second kappa shape index (κ2) is 9.98. The maximum Gasteiger partial charge on any atom is 0.307 e. The molecule has 1 heterocycles. The molecule has 0 fully saturated rings. The molecule has 0 unspecified atom stereocenters. The first-order valence-corrected chi connectivity index (χ1v) is 13.5. The van der Waals surface area contributed by atoms with Crippen LogP contribution in [0.3, 0.4) is 0 Å². The number of aliphatic carboxylic acids is 1. The highest BCUT2D eigenvalue weighted by Gasteiger charge is 2.36. The normalized spacial score (nSPS) is 18.7. The topological polar surface area (TPSA) is 49.8 Å². The highest BCUT2D eigenvalue weighted by Crippen LogP contribution is 2.54. The Labute approximate surface area is 212 Å². The van der Waals surface area contributed by atoms with Gasteiger partial charge in [0.1, 0.15) is 5.82 Å². The van der Waals surface area contributed by atoms with E-state index in [1.807, 2.05) is 12.3 Å². The molecule has 1 aliphatic carbocycles. The second-order valence-electron chi connectivity index (χ2n) is 10.5. The number of carboxylic acids is 1. The van der Waals surface area contributed by atoms with Gasteiger partial charge >= 0.3 is 5.97 Å². The summed E-state index contributed by atoms with van der Waals surface area (Å²) < 4.78 is 22.1. The van der Waals surface area contributed by atoms with Gasteiger partial charge in [-0.2, -0.15) is 0 Å². The lowest BCUT2D eigenvalue weighted by molar-refractivity contribution is -0.136. The maximum atomic E-state index is 14.5. The summed E-state index contributed by atoms with van der Waals surface area (Å²) >= 11 is 1.60. The van der Waals surface area contributed by atoms with Gasteiger partial charge in [-0.1, -0.05) is 37.9 Å². The maximum absolute atomic E-state index is 14.5. The number of methoxy groups -OCH3 is 1. The molecule has 0 amide bonds. The number of carboxylic acid groups (broad SMARTS) is 1. The molecule has 2 aliphatic rings. The summed E-state index contributed by atoms with van der Waals surface area (Å²) in [5.41, 5.74) is 9.69. The lowest BCUT2D eigenvalue weighted by Gasteiger charge is -2.42. The predicted octanol–water partition coefficient (Wildman–Crippen LogP) is 7.51. The smallest absolute Gasteiger partial charge is 0.307 e. The minimum absolute atomic E-state index is 0.0166. The van der Waals surface area contributed by atoms with Gasteiger partial charge in [0.05, 0.1) is 18.2 Å². The molecule has 0 radical (unpaired) electrons. The number of fused-ring (bicyclic) bond motifs is 3. The van der Waals surface area contributed by atoms with Crippen molar-refractivity contribution in [3.63, 3.8) is 0 Å². The zero-order chi connectivity index (χ0) is 25.5. The minimum atomic E-state index is -0.824. The van der Waals surface area contributed by atoms with Gasteiger partial charge < -0.3 is 14.1 Å². The van der Waals surface area contributed by atoms with Crippen LogP contribution in [-0.2, 0) is 16.0 Å². The molecular weight excluding hydrogens is 461 g/mol. The number of hydrogen-bond donors (Lipinski definition) is 1. The summed E-state index contributed by atoms with van der Waals surface area (Å²) in [7, 11) is 1.68. The fourth-order valence-corrected chi connectivity index (χ4v) is 6.69. The van der Waals surface area contributed by atoms with Crippen LogP contribution in [0.25, 0.3) is 16.7 Å². The molecule has 1 aliphatic heterocycles. The van der Waals surface area contributed by atoms with Crippen LogP contribution in [-0.4, -0.2) is 31.0 Å². The van der Waals surface area contributed by atoms with E-state index in [1.165, 1.54) is 11.6 Å². The molecule has 188 valence electrons. The molecule has 0 aromatic heterocycles. The molecule has 2 aromatic carbocycles. The molecule has 0 saturated carbocycles. The Morgan fingerprint density at radius 3 is 2.60 bits per heavy atom. The summed E-state index contributed by atoms with van der Waals surface area (Å²) in [5, 5.41) is 9.88. The number of nitrogens with zero attached hydrogens (tertiary/aromatic N) is 1. The zero-order valence-electron chi connectivity index (χ0n) is 21.6. The first-order chi connectivity index (χ1) is 16.6. The lowest BCUT2D eigenvalue weighted by Crippen LogP contribution is -2.29. The number of halogens is 1. The Bertz CT molecular complexity index is 1190. The third-order valence-electron chi connectivity index (χ3n) is 7.66. The van der Waals surface area contributed by atoms with Gasteiger partial charge in [-0.15, -0.1) is 0 Å². The van der Waals surface area contributed by atoms with Crippen LogP contribution >= 0.6 is 11.9 Å². The van der Waals surface area contributed by atoms with Crippen molar-refractivity contribution in [2.75, 3.05) is 24.3 Å². The van der Waals surface area contributed by atoms with Crippen LogP contribution < -0.4 is 4.31 Å². The molecule has 0 saturated heterocycles. The third-order valence-corrected chi connectivity index (χ3v) is 8.49. The van der Waals surface area contributed by atoms with Gasteiger partial charge in [-0.3, -0.25) is 4.79 Å². The van der Waals surface area contributed by atoms with Crippen molar-refractivity contribution in [2.24, 2.45) is 5.41 Å². The number of allylic oxidation sites excluding steroid dienone is 2. The average molecular weight is 498 g/mol. The zero-order valence-corrected chi connectivity index (χ0v) is 22.4. The molecule has 1 N–H and O–H groups in total. The van der Waals surface area contributed by atoms with Crippen molar-refractivity contribution in [1.82, 2.24) is 0 Å². The third kappa shape index (κ3) is 4.75. The molecule has 6 heteroatoms. The van der Waals surface area contributed by atoms with E-state index in [0.29, 0.717) is 13.0 Å². The van der Waals surface area contributed by atoms with E-state index in [9.17, 15) is 14.3 Å². The fraction of sp³-hybridized carbons (Fsp3) is 0.483. The number of rotatable bonds is 7. The minimum Gasteiger partial charge on any atom is -0.481 e. The quantitative estimate of drug-likeness (QED) is 0.401. The predicted molar refractivity (Wildman–Crippen MR) is 143 cm³/mol. The number of carbonyl (C=O) groups is 1. The largest absolute Gasteiger partial charge is 0.481 e. The Morgan fingerprint density at radius 1 is 1.26 bits per heavy atom. The van der Waals surface area contributed by atoms with Crippen LogP contribution in [0.4, 0.5) is 10.1 Å². The Hall–Kier alpha value is -2.31. The van der Waals surface area contributed by atoms with E-state index in [4.69, 9.17) is 4.74 Å². The van der Waals surface area contributed by atoms with E-state index in [0.717, 1.165) is 63.9 Å². The highest BCUT2D eigenvalue weighted by atomic mass is 32.2. The Kier molecular flexibility index (Phi) is 7.35. The lowest BCUT2D eigenvalue weighted by atomic mass is 9.73. The van der Waals surface area contributed by atoms with Crippen LogP contribution in [0.5, 0.6) is 0 Å². The van der Waals surface area contributed by atoms with E-state index >= 15 is 0 Å². The fourth-order valence-electron chi connectivity index (χ4n) is 5.80. The second-order valence-corrected chi connectivity index (χ2v) is 11.3. The van der Waals surface area contributed by atoms with E-state index < -0.39 is 5.97 Å². The highest BCUT2D eigenvalue weighted by molar-refractivity contribution is 8.00. The molecule has 4 rings (SSSR count). The van der Waals surface area contributed by atoms with Gasteiger partial charge in [-0.25, -0.2) is 4.39 Å². The van der Waals surface area contributed by atoms with Crippen molar-refractivity contribution in [3.05, 3.63) is 57.9 Å². The van der Waals surface area contributed by atoms with Crippen LogP contribution in [0, 0.1) is 25.1 Å². The molecule has 2 aromatic rings. The number of ether oxygens (including phenoxy) is 1. The first-order valence-electron chi connectivity index (χ1n) is 12.3. The molecular formula is C29H36FNO3S. The van der Waals surface area contributed by atoms with Gasteiger partial charge in [0.2, 0.25) is 0 Å². The van der Waals surface area contributed by atoms with Gasteiger partial charge in [0.15, 0.2) is 0 Å². The SMILES string of the molecule is COCC[C@H]1c2cc(F)ccc2-c2c(C)c(C3=CCC(C)(C)CC3)c(CC(=O)O)c(C)c2N1SC. The summed E-state index contributed by atoms with van der Waals surface area (Å²) in [6.45, 7) is 9.28. The summed E-state index contributed by atoms with van der Waals surface area (Å²) in [6, 6.07) is 5.02. The Balaban J connectivity index is 2.04. The van der Waals surface area contributed by atoms with Crippen molar-refractivity contribution < 1.29 is 19.0 Å². The van der Waals surface area contributed by atoms with E-state index in [-0.39, 0.29) is 23.7 Å². The number of benzene rings is 2. The number of hydrogen-bond acceptors (Lipinski definition) is 4. The van der Waals surface area contributed by atoms with Crippen LogP contribution in [0.15, 0.2) is 24.3 Å². The summed E-state index contributed by atoms with van der Waals surface area (Å²) in [4.78, 5) is 12.0. The number of anilines is 1. The molecule has 1 atom stereocenters. The van der Waals surface area contributed by atoms with Crippen molar-refractivity contribution >= 4 is 29.2 Å². The van der Waals surface area contributed by atoms with Crippen LogP contribution in [0.2, 0.25) is 0 Å². The van der Waals surface area contributed by atoms with Crippen molar-refractivity contribution in [2.45, 2.75) is 65.8 Å². The van der Waals surface area contributed by atoms with E-state index in [2.05, 4.69) is 38.1 Å². The molecule has 0 spiro atoms. The average Bonchev–Trinajstić information content (AvgIpc) is 2.80.